The Morgan fingerprint density at radius 3 is 2.38 bits per heavy atom. The second kappa shape index (κ2) is 8.60. The first-order valence-corrected chi connectivity index (χ1v) is 7.55. The molecular formula is C16H21Cl2O2Ti. The molecule has 2 nitrogen and oxygen atoms in total. The van der Waals surface area contributed by atoms with Crippen LogP contribution in [-0.2, 0) is 29.9 Å². The van der Waals surface area contributed by atoms with Gasteiger partial charge in [-0.05, 0) is 0 Å². The second-order valence-corrected chi connectivity index (χ2v) is 6.39. The van der Waals surface area contributed by atoms with Gasteiger partial charge in [-0.3, -0.25) is 0 Å². The number of hydrogen-bond acceptors (Lipinski definition) is 2. The Labute approximate surface area is 152 Å². The maximum atomic E-state index is 6.28. The van der Waals surface area contributed by atoms with Crippen LogP contribution >= 0.6 is 0 Å². The molecule has 0 fully saturated rings. The van der Waals surface area contributed by atoms with Gasteiger partial charge >= 0.3 is 127 Å². The molecule has 0 aromatic heterocycles. The fourth-order valence-electron chi connectivity index (χ4n) is 2.39. The third-order valence-corrected chi connectivity index (χ3v) is 4.03. The summed E-state index contributed by atoms with van der Waals surface area (Å²) in [6.07, 6.45) is 10.4. The van der Waals surface area contributed by atoms with Crippen LogP contribution < -0.4 is 24.8 Å². The van der Waals surface area contributed by atoms with Crippen molar-refractivity contribution in [1.82, 2.24) is 0 Å². The molecule has 21 heavy (non-hydrogen) atoms. The first-order chi connectivity index (χ1) is 8.93. The van der Waals surface area contributed by atoms with Crippen molar-refractivity contribution < 1.29 is 54.7 Å². The van der Waals surface area contributed by atoms with Gasteiger partial charge in [0.05, 0.1) is 0 Å². The van der Waals surface area contributed by atoms with E-state index in [1.54, 1.807) is 0 Å². The zero-order valence-corrected chi connectivity index (χ0v) is 15.9. The van der Waals surface area contributed by atoms with E-state index in [0.29, 0.717) is 0 Å². The molecule has 2 aliphatic rings. The zero-order valence-electron chi connectivity index (χ0n) is 12.9. The van der Waals surface area contributed by atoms with Crippen molar-refractivity contribution in [3.05, 3.63) is 45.1 Å². The van der Waals surface area contributed by atoms with Gasteiger partial charge in [0.1, 0.15) is 0 Å². The molecule has 0 amide bonds. The molecule has 1 unspecified atom stereocenters. The minimum Gasteiger partial charge on any atom is -1.00 e. The van der Waals surface area contributed by atoms with Crippen molar-refractivity contribution >= 4 is 0 Å². The number of rotatable bonds is 4. The second-order valence-electron chi connectivity index (χ2n) is 5.45. The Bertz CT molecular complexity index is 493. The van der Waals surface area contributed by atoms with Gasteiger partial charge in [-0.2, -0.15) is 0 Å². The van der Waals surface area contributed by atoms with E-state index in [-0.39, 0.29) is 30.9 Å². The molecule has 0 spiro atoms. The fraction of sp³-hybridized carbons (Fsp3) is 0.500. The van der Waals surface area contributed by atoms with E-state index in [1.165, 1.54) is 9.45 Å². The van der Waals surface area contributed by atoms with Gasteiger partial charge in [-0.15, -0.1) is 0 Å². The molecule has 0 aliphatic heterocycles. The van der Waals surface area contributed by atoms with Gasteiger partial charge in [0.15, 0.2) is 0 Å². The van der Waals surface area contributed by atoms with E-state index in [4.69, 9.17) is 9.47 Å². The van der Waals surface area contributed by atoms with Gasteiger partial charge in [0, 0.05) is 0 Å². The van der Waals surface area contributed by atoms with E-state index >= 15 is 0 Å². The van der Waals surface area contributed by atoms with Gasteiger partial charge < -0.3 is 24.8 Å². The first-order valence-electron chi connectivity index (χ1n) is 6.76. The molecule has 2 rings (SSSR count). The van der Waals surface area contributed by atoms with E-state index in [1.807, 2.05) is 0 Å². The SMILES string of the molecule is CC1=CCC(OC2=[C]([Ti+2])CC=C2)(OC(C)C)C(C)=C1.[Cl-].[Cl-]. The first kappa shape index (κ1) is 21.0. The van der Waals surface area contributed by atoms with Crippen LogP contribution in [0.2, 0.25) is 0 Å². The molecule has 0 N–H and O–H groups in total. The summed E-state index contributed by atoms with van der Waals surface area (Å²) in [5.41, 5.74) is 2.42. The molecule has 0 radical (unpaired) electrons. The monoisotopic (exact) mass is 363 g/mol. The van der Waals surface area contributed by atoms with Gasteiger partial charge in [0.2, 0.25) is 0 Å². The molecule has 0 saturated heterocycles. The van der Waals surface area contributed by atoms with E-state index in [2.05, 4.69) is 72.4 Å². The van der Waals surface area contributed by atoms with Crippen LogP contribution in [0.25, 0.3) is 0 Å². The average molecular weight is 364 g/mol. The van der Waals surface area contributed by atoms with E-state index in [0.717, 1.165) is 24.2 Å². The van der Waals surface area contributed by atoms with Crippen LogP contribution in [0.1, 0.15) is 40.5 Å². The Morgan fingerprint density at radius 2 is 1.90 bits per heavy atom. The summed E-state index contributed by atoms with van der Waals surface area (Å²) >= 11 is 2.11. The molecular weight excluding hydrogens is 343 g/mol. The summed E-state index contributed by atoms with van der Waals surface area (Å²) in [7, 11) is 0. The third-order valence-electron chi connectivity index (χ3n) is 3.33. The molecule has 5 heteroatoms. The van der Waals surface area contributed by atoms with Crippen molar-refractivity contribution in [3.8, 4) is 0 Å². The van der Waals surface area contributed by atoms with Crippen molar-refractivity contribution in [1.29, 1.82) is 0 Å². The minimum absolute atomic E-state index is 0. The molecule has 0 heterocycles. The molecule has 2 aliphatic carbocycles. The molecule has 115 valence electrons. The van der Waals surface area contributed by atoms with Crippen LogP contribution in [0.15, 0.2) is 45.1 Å². The molecule has 0 aromatic carbocycles. The normalized spacial score (nSPS) is 24.3. The molecule has 0 aromatic rings. The van der Waals surface area contributed by atoms with Gasteiger partial charge in [-0.1, -0.05) is 0 Å². The number of halogens is 2. The van der Waals surface area contributed by atoms with E-state index in [9.17, 15) is 0 Å². The van der Waals surface area contributed by atoms with Crippen LogP contribution in [0, 0.1) is 0 Å². The van der Waals surface area contributed by atoms with Crippen molar-refractivity contribution in [3.63, 3.8) is 0 Å². The van der Waals surface area contributed by atoms with Crippen LogP contribution in [0.3, 0.4) is 0 Å². The van der Waals surface area contributed by atoms with Crippen molar-refractivity contribution in [2.24, 2.45) is 0 Å². The molecule has 0 saturated carbocycles. The summed E-state index contributed by atoms with van der Waals surface area (Å²) in [5, 5.41) is 0. The number of allylic oxidation sites excluding steroid dienone is 5. The quantitative estimate of drug-likeness (QED) is 0.431. The Balaban J connectivity index is 0.00000200. The van der Waals surface area contributed by atoms with Gasteiger partial charge in [0.25, 0.3) is 0 Å². The van der Waals surface area contributed by atoms with Crippen molar-refractivity contribution in [2.45, 2.75) is 52.4 Å². The maximum absolute atomic E-state index is 6.28. The summed E-state index contributed by atoms with van der Waals surface area (Å²) < 4.78 is 13.7. The summed E-state index contributed by atoms with van der Waals surface area (Å²) in [6, 6.07) is 0. The Kier molecular flexibility index (Phi) is 8.60. The summed E-state index contributed by atoms with van der Waals surface area (Å²) in [4.78, 5) is 0. The largest absolute Gasteiger partial charge is 1.00 e. The Morgan fingerprint density at radius 1 is 1.24 bits per heavy atom. The predicted molar refractivity (Wildman–Crippen MR) is 73.0 cm³/mol. The number of ether oxygens (including phenoxy) is 2. The van der Waals surface area contributed by atoms with Crippen LogP contribution in [0.4, 0.5) is 0 Å². The summed E-state index contributed by atoms with van der Waals surface area (Å²) in [6.45, 7) is 8.31. The average Bonchev–Trinajstić information content (AvgIpc) is 2.69. The van der Waals surface area contributed by atoms with E-state index < -0.39 is 5.79 Å². The fourth-order valence-corrected chi connectivity index (χ4v) is 2.79. The minimum atomic E-state index is -0.640. The smallest absolute Gasteiger partial charge is 1.00 e. The standard InChI is InChI=1S/C16H21O2.2ClH.Ti/c1-12(2)17-16(18-15-7-5-6-8-15)10-9-13(3)11-14(16)4;;;/h5,7,9,11-12H,6,10H2,1-4H3;2*1H;/q;;;+2/p-2. The van der Waals surface area contributed by atoms with Crippen LogP contribution in [0.5, 0.6) is 0 Å². The topological polar surface area (TPSA) is 18.5 Å². The predicted octanol–water partition coefficient (Wildman–Crippen LogP) is -1.85. The van der Waals surface area contributed by atoms with Gasteiger partial charge in [-0.25, -0.2) is 0 Å². The maximum Gasteiger partial charge on any atom is -1.00 e. The van der Waals surface area contributed by atoms with Crippen molar-refractivity contribution in [2.75, 3.05) is 0 Å². The third kappa shape index (κ3) is 5.01. The molecule has 1 atom stereocenters. The Hall–Kier alpha value is 0.0143. The zero-order chi connectivity index (χ0) is 14.0. The summed E-state index contributed by atoms with van der Waals surface area (Å²) in [5.74, 6) is 0.320. The molecule has 0 bridgehead atoms. The number of hydrogen-bond donors (Lipinski definition) is 0. The van der Waals surface area contributed by atoms with Crippen LogP contribution in [-0.4, -0.2) is 11.9 Å².